The molecule has 2 aromatic heterocycles. The quantitative estimate of drug-likeness (QED) is 0.857. The first kappa shape index (κ1) is 12.4. The van der Waals surface area contributed by atoms with Gasteiger partial charge in [-0.2, -0.15) is 4.98 Å². The van der Waals surface area contributed by atoms with Gasteiger partial charge in [-0.25, -0.2) is 4.52 Å². The van der Waals surface area contributed by atoms with Gasteiger partial charge in [-0.3, -0.25) is 0 Å². The van der Waals surface area contributed by atoms with Crippen LogP contribution in [0.5, 0.6) is 0 Å². The highest BCUT2D eigenvalue weighted by molar-refractivity contribution is 5.50. The van der Waals surface area contributed by atoms with Crippen molar-refractivity contribution in [2.75, 3.05) is 24.6 Å². The third-order valence-electron chi connectivity index (χ3n) is 3.51. The van der Waals surface area contributed by atoms with Crippen LogP contribution in [-0.4, -0.2) is 46.4 Å². The first-order valence-corrected chi connectivity index (χ1v) is 6.59. The average Bonchev–Trinajstić information content (AvgIpc) is 2.84. The summed E-state index contributed by atoms with van der Waals surface area (Å²) in [5.41, 5.74) is 7.94. The molecule has 2 unspecified atom stereocenters. The van der Waals surface area contributed by atoms with E-state index in [0.717, 1.165) is 30.2 Å². The molecule has 2 N–H and O–H groups in total. The number of aryl methyl sites for hydroxylation is 1. The molecule has 6 heteroatoms. The lowest BCUT2D eigenvalue weighted by atomic mass is 10.1. The molecule has 1 aliphatic heterocycles. The smallest absolute Gasteiger partial charge is 0.245 e. The normalized spacial score (nSPS) is 21.8. The van der Waals surface area contributed by atoms with Crippen LogP contribution < -0.4 is 10.6 Å². The fraction of sp³-hybridized carbons (Fsp3) is 0.538. The summed E-state index contributed by atoms with van der Waals surface area (Å²) in [5.74, 6) is 0.753. The molecule has 0 aromatic carbocycles. The topological polar surface area (TPSA) is 68.7 Å². The lowest BCUT2D eigenvalue weighted by molar-refractivity contribution is 0.0271. The van der Waals surface area contributed by atoms with Crippen molar-refractivity contribution in [2.45, 2.75) is 26.0 Å². The second-order valence-electron chi connectivity index (χ2n) is 5.09. The molecule has 0 amide bonds. The Balaban J connectivity index is 1.89. The standard InChI is InChI=1S/C13H19N5O/c1-9-4-3-5-18-12(9)15-13(16-18)17-6-7-19-11(8-17)10(2)14/h3-5,10-11H,6-8,14H2,1-2H3. The average molecular weight is 261 g/mol. The number of pyridine rings is 1. The van der Waals surface area contributed by atoms with E-state index in [1.807, 2.05) is 36.7 Å². The van der Waals surface area contributed by atoms with Crippen LogP contribution in [0.25, 0.3) is 5.65 Å². The van der Waals surface area contributed by atoms with E-state index in [0.29, 0.717) is 6.61 Å². The number of ether oxygens (including phenoxy) is 1. The molecule has 3 rings (SSSR count). The number of fused-ring (bicyclic) bond motifs is 1. The summed E-state index contributed by atoms with van der Waals surface area (Å²) in [5, 5.41) is 4.53. The van der Waals surface area contributed by atoms with Gasteiger partial charge in [0.2, 0.25) is 5.95 Å². The van der Waals surface area contributed by atoms with Crippen LogP contribution in [0.1, 0.15) is 12.5 Å². The molecular formula is C13H19N5O. The summed E-state index contributed by atoms with van der Waals surface area (Å²) in [7, 11) is 0. The van der Waals surface area contributed by atoms with Gasteiger partial charge in [0.25, 0.3) is 0 Å². The molecule has 0 aliphatic carbocycles. The fourth-order valence-corrected chi connectivity index (χ4v) is 2.34. The molecule has 0 saturated carbocycles. The van der Waals surface area contributed by atoms with Crippen molar-refractivity contribution in [3.63, 3.8) is 0 Å². The zero-order chi connectivity index (χ0) is 13.4. The molecule has 2 aromatic rings. The van der Waals surface area contributed by atoms with Crippen LogP contribution in [0.3, 0.4) is 0 Å². The molecule has 0 spiro atoms. The Morgan fingerprint density at radius 1 is 1.53 bits per heavy atom. The zero-order valence-electron chi connectivity index (χ0n) is 11.3. The Hall–Kier alpha value is -1.66. The third-order valence-corrected chi connectivity index (χ3v) is 3.51. The van der Waals surface area contributed by atoms with Gasteiger partial charge in [0.1, 0.15) is 0 Å². The summed E-state index contributed by atoms with van der Waals surface area (Å²) in [6, 6.07) is 4.03. The number of rotatable bonds is 2. The largest absolute Gasteiger partial charge is 0.373 e. The van der Waals surface area contributed by atoms with Crippen LogP contribution in [0.4, 0.5) is 5.95 Å². The first-order chi connectivity index (χ1) is 9.15. The number of morpholine rings is 1. The van der Waals surface area contributed by atoms with Crippen LogP contribution >= 0.6 is 0 Å². The SMILES string of the molecule is Cc1cccn2nc(N3CCOC(C(C)N)C3)nc12. The van der Waals surface area contributed by atoms with Gasteiger partial charge in [-0.15, -0.1) is 5.10 Å². The Kier molecular flexibility index (Phi) is 3.12. The molecule has 2 atom stereocenters. The van der Waals surface area contributed by atoms with Crippen LogP contribution in [-0.2, 0) is 4.74 Å². The number of anilines is 1. The van der Waals surface area contributed by atoms with E-state index < -0.39 is 0 Å². The van der Waals surface area contributed by atoms with Crippen molar-refractivity contribution < 1.29 is 4.74 Å². The van der Waals surface area contributed by atoms with Crippen molar-refractivity contribution in [1.29, 1.82) is 0 Å². The summed E-state index contributed by atoms with van der Waals surface area (Å²) < 4.78 is 7.48. The molecule has 0 radical (unpaired) electrons. The van der Waals surface area contributed by atoms with Crippen molar-refractivity contribution in [3.8, 4) is 0 Å². The van der Waals surface area contributed by atoms with Gasteiger partial charge < -0.3 is 15.4 Å². The van der Waals surface area contributed by atoms with Crippen molar-refractivity contribution in [3.05, 3.63) is 23.9 Å². The van der Waals surface area contributed by atoms with Crippen molar-refractivity contribution in [1.82, 2.24) is 14.6 Å². The summed E-state index contributed by atoms with van der Waals surface area (Å²) in [6.45, 7) is 6.22. The molecule has 0 bridgehead atoms. The van der Waals surface area contributed by atoms with E-state index in [1.165, 1.54) is 0 Å². The minimum absolute atomic E-state index is 0.0153. The lowest BCUT2D eigenvalue weighted by Gasteiger charge is -2.33. The van der Waals surface area contributed by atoms with E-state index in [9.17, 15) is 0 Å². The van der Waals surface area contributed by atoms with Crippen molar-refractivity contribution in [2.24, 2.45) is 5.73 Å². The van der Waals surface area contributed by atoms with Gasteiger partial charge in [0.05, 0.1) is 12.7 Å². The Morgan fingerprint density at radius 3 is 3.11 bits per heavy atom. The number of nitrogens with two attached hydrogens (primary N) is 1. The predicted octanol–water partition coefficient (Wildman–Crippen LogP) is 0.590. The second kappa shape index (κ2) is 4.79. The van der Waals surface area contributed by atoms with Gasteiger partial charge in [-0.05, 0) is 25.5 Å². The zero-order valence-corrected chi connectivity index (χ0v) is 11.3. The molecule has 19 heavy (non-hydrogen) atoms. The summed E-state index contributed by atoms with van der Waals surface area (Å²) in [4.78, 5) is 6.75. The molecule has 1 saturated heterocycles. The highest BCUT2D eigenvalue weighted by atomic mass is 16.5. The minimum atomic E-state index is 0.0153. The number of hydrogen-bond donors (Lipinski definition) is 1. The van der Waals surface area contributed by atoms with Crippen LogP contribution in [0.15, 0.2) is 18.3 Å². The fourth-order valence-electron chi connectivity index (χ4n) is 2.34. The highest BCUT2D eigenvalue weighted by Gasteiger charge is 2.25. The predicted molar refractivity (Wildman–Crippen MR) is 73.3 cm³/mol. The van der Waals surface area contributed by atoms with E-state index in [1.54, 1.807) is 0 Å². The summed E-state index contributed by atoms with van der Waals surface area (Å²) >= 11 is 0. The Morgan fingerprint density at radius 2 is 2.37 bits per heavy atom. The second-order valence-corrected chi connectivity index (χ2v) is 5.09. The van der Waals surface area contributed by atoms with E-state index in [-0.39, 0.29) is 12.1 Å². The first-order valence-electron chi connectivity index (χ1n) is 6.59. The molecule has 1 aliphatic rings. The lowest BCUT2D eigenvalue weighted by Crippen LogP contribution is -2.50. The Labute approximate surface area is 112 Å². The van der Waals surface area contributed by atoms with E-state index >= 15 is 0 Å². The molecular weight excluding hydrogens is 242 g/mol. The number of nitrogens with zero attached hydrogens (tertiary/aromatic N) is 4. The van der Waals surface area contributed by atoms with E-state index in [2.05, 4.69) is 15.0 Å². The van der Waals surface area contributed by atoms with Gasteiger partial charge in [0, 0.05) is 25.3 Å². The van der Waals surface area contributed by atoms with E-state index in [4.69, 9.17) is 10.5 Å². The van der Waals surface area contributed by atoms with Crippen LogP contribution in [0, 0.1) is 6.92 Å². The van der Waals surface area contributed by atoms with Gasteiger partial charge in [0.15, 0.2) is 5.65 Å². The minimum Gasteiger partial charge on any atom is -0.373 e. The maximum Gasteiger partial charge on any atom is 0.245 e. The molecule has 6 nitrogen and oxygen atoms in total. The Bertz CT molecular complexity index is 579. The number of hydrogen-bond acceptors (Lipinski definition) is 5. The summed E-state index contributed by atoms with van der Waals surface area (Å²) in [6.07, 6.45) is 1.96. The molecule has 1 fully saturated rings. The van der Waals surface area contributed by atoms with Gasteiger partial charge in [-0.1, -0.05) is 6.07 Å². The maximum atomic E-state index is 5.91. The van der Waals surface area contributed by atoms with Gasteiger partial charge >= 0.3 is 0 Å². The molecule has 102 valence electrons. The van der Waals surface area contributed by atoms with Crippen molar-refractivity contribution >= 4 is 11.6 Å². The molecule has 3 heterocycles. The third kappa shape index (κ3) is 2.29. The number of aromatic nitrogens is 3. The monoisotopic (exact) mass is 261 g/mol. The van der Waals surface area contributed by atoms with Crippen LogP contribution in [0.2, 0.25) is 0 Å². The maximum absolute atomic E-state index is 5.91. The highest BCUT2D eigenvalue weighted by Crippen LogP contribution is 2.17.